The standard InChI is InChI=1S/C19H24N4O/c20-19(22-12-10-17-6-3-4-11-21-17)23-13-16-5-1-2-7-18(16)24-14-15-8-9-15/h1-7,11,15H,8-10,12-14H2,(H3,20,22,23). The molecule has 1 aliphatic carbocycles. The van der Waals surface area contributed by atoms with Crippen LogP contribution in [0.1, 0.15) is 24.1 Å². The lowest BCUT2D eigenvalue weighted by Gasteiger charge is -2.10. The van der Waals surface area contributed by atoms with Gasteiger partial charge >= 0.3 is 0 Å². The summed E-state index contributed by atoms with van der Waals surface area (Å²) in [6.45, 7) is 2.04. The van der Waals surface area contributed by atoms with Crippen LogP contribution in [0.5, 0.6) is 5.75 Å². The lowest BCUT2D eigenvalue weighted by molar-refractivity contribution is 0.297. The highest BCUT2D eigenvalue weighted by Gasteiger charge is 2.22. The highest BCUT2D eigenvalue weighted by Crippen LogP contribution is 2.30. The van der Waals surface area contributed by atoms with E-state index in [0.717, 1.165) is 36.0 Å². The van der Waals surface area contributed by atoms with Crippen molar-refractivity contribution in [2.75, 3.05) is 13.2 Å². The molecule has 2 aromatic rings. The van der Waals surface area contributed by atoms with E-state index in [-0.39, 0.29) is 0 Å². The molecule has 0 atom stereocenters. The van der Waals surface area contributed by atoms with Crippen molar-refractivity contribution in [3.05, 3.63) is 59.9 Å². The van der Waals surface area contributed by atoms with Crippen molar-refractivity contribution >= 4 is 5.96 Å². The second-order valence-corrected chi connectivity index (χ2v) is 6.06. The molecule has 0 unspecified atom stereocenters. The predicted molar refractivity (Wildman–Crippen MR) is 95.9 cm³/mol. The maximum absolute atomic E-state index is 5.95. The van der Waals surface area contributed by atoms with E-state index in [2.05, 4.69) is 15.3 Å². The van der Waals surface area contributed by atoms with E-state index >= 15 is 0 Å². The smallest absolute Gasteiger partial charge is 0.188 e. The monoisotopic (exact) mass is 324 g/mol. The average molecular weight is 324 g/mol. The number of hydrogen-bond donors (Lipinski definition) is 2. The number of nitrogens with one attached hydrogen (secondary N) is 1. The molecule has 1 saturated carbocycles. The number of para-hydroxylation sites is 1. The molecular weight excluding hydrogens is 300 g/mol. The summed E-state index contributed by atoms with van der Waals surface area (Å²) in [4.78, 5) is 8.70. The fourth-order valence-electron chi connectivity index (χ4n) is 2.36. The fourth-order valence-corrected chi connectivity index (χ4v) is 2.36. The van der Waals surface area contributed by atoms with Crippen molar-refractivity contribution in [1.82, 2.24) is 10.3 Å². The molecule has 0 saturated heterocycles. The molecule has 0 spiro atoms. The zero-order chi connectivity index (χ0) is 16.6. The molecule has 0 aliphatic heterocycles. The average Bonchev–Trinajstić information content (AvgIpc) is 3.44. The first-order valence-electron chi connectivity index (χ1n) is 8.45. The molecule has 1 aromatic carbocycles. The maximum Gasteiger partial charge on any atom is 0.188 e. The largest absolute Gasteiger partial charge is 0.493 e. The van der Waals surface area contributed by atoms with Gasteiger partial charge in [-0.05, 0) is 37.0 Å². The number of aliphatic imine (C=N–C) groups is 1. The van der Waals surface area contributed by atoms with Gasteiger partial charge in [0, 0.05) is 30.4 Å². The van der Waals surface area contributed by atoms with Crippen LogP contribution in [0, 0.1) is 5.92 Å². The molecule has 0 bridgehead atoms. The third kappa shape index (κ3) is 5.26. The first kappa shape index (κ1) is 16.3. The van der Waals surface area contributed by atoms with Crippen molar-refractivity contribution < 1.29 is 4.74 Å². The summed E-state index contributed by atoms with van der Waals surface area (Å²) in [5.74, 6) is 2.09. The Morgan fingerprint density at radius 2 is 2.04 bits per heavy atom. The molecule has 0 radical (unpaired) electrons. The molecule has 1 fully saturated rings. The zero-order valence-electron chi connectivity index (χ0n) is 13.8. The number of aromatic nitrogens is 1. The second kappa shape index (κ2) is 8.34. The molecule has 1 aliphatic rings. The number of guanidine groups is 1. The molecule has 5 nitrogen and oxygen atoms in total. The first-order valence-corrected chi connectivity index (χ1v) is 8.45. The molecule has 1 heterocycles. The lowest BCUT2D eigenvalue weighted by Crippen LogP contribution is -2.33. The maximum atomic E-state index is 5.95. The van der Waals surface area contributed by atoms with Gasteiger partial charge in [0.2, 0.25) is 0 Å². The van der Waals surface area contributed by atoms with E-state index in [1.54, 1.807) is 6.20 Å². The van der Waals surface area contributed by atoms with Crippen LogP contribution in [-0.2, 0) is 13.0 Å². The van der Waals surface area contributed by atoms with Gasteiger partial charge in [-0.3, -0.25) is 4.98 Å². The van der Waals surface area contributed by atoms with Crippen molar-refractivity contribution in [3.63, 3.8) is 0 Å². The Labute approximate surface area is 143 Å². The number of pyridine rings is 1. The Morgan fingerprint density at radius 3 is 2.83 bits per heavy atom. The van der Waals surface area contributed by atoms with E-state index in [0.29, 0.717) is 19.0 Å². The van der Waals surface area contributed by atoms with Gasteiger partial charge < -0.3 is 15.8 Å². The minimum Gasteiger partial charge on any atom is -0.493 e. The van der Waals surface area contributed by atoms with Gasteiger partial charge in [-0.15, -0.1) is 0 Å². The van der Waals surface area contributed by atoms with Crippen LogP contribution in [0.2, 0.25) is 0 Å². The summed E-state index contributed by atoms with van der Waals surface area (Å²) < 4.78 is 5.89. The molecule has 24 heavy (non-hydrogen) atoms. The van der Waals surface area contributed by atoms with E-state index in [1.165, 1.54) is 12.8 Å². The minimum atomic E-state index is 0.447. The Balaban J connectivity index is 1.47. The van der Waals surface area contributed by atoms with Crippen molar-refractivity contribution in [2.24, 2.45) is 16.6 Å². The Bertz CT molecular complexity index is 668. The summed E-state index contributed by atoms with van der Waals surface area (Å²) in [7, 11) is 0. The molecular formula is C19H24N4O. The van der Waals surface area contributed by atoms with Crippen LogP contribution in [0.4, 0.5) is 0 Å². The highest BCUT2D eigenvalue weighted by atomic mass is 16.5. The minimum absolute atomic E-state index is 0.447. The predicted octanol–water partition coefficient (Wildman–Crippen LogP) is 2.52. The van der Waals surface area contributed by atoms with Gasteiger partial charge in [0.15, 0.2) is 5.96 Å². The van der Waals surface area contributed by atoms with E-state index in [1.807, 2.05) is 42.5 Å². The van der Waals surface area contributed by atoms with Crippen LogP contribution in [-0.4, -0.2) is 24.1 Å². The van der Waals surface area contributed by atoms with Crippen LogP contribution in [0.15, 0.2) is 53.7 Å². The lowest BCUT2D eigenvalue weighted by atomic mass is 10.2. The topological polar surface area (TPSA) is 72.5 Å². The molecule has 3 N–H and O–H groups in total. The van der Waals surface area contributed by atoms with Crippen LogP contribution < -0.4 is 15.8 Å². The highest BCUT2D eigenvalue weighted by molar-refractivity contribution is 5.77. The number of hydrogen-bond acceptors (Lipinski definition) is 3. The van der Waals surface area contributed by atoms with E-state index in [4.69, 9.17) is 10.5 Å². The summed E-state index contributed by atoms with van der Waals surface area (Å²) in [6, 6.07) is 13.9. The molecule has 126 valence electrons. The fraction of sp³-hybridized carbons (Fsp3) is 0.368. The van der Waals surface area contributed by atoms with Crippen molar-refractivity contribution in [1.29, 1.82) is 0 Å². The van der Waals surface area contributed by atoms with Crippen molar-refractivity contribution in [3.8, 4) is 5.75 Å². The number of ether oxygens (including phenoxy) is 1. The first-order chi connectivity index (χ1) is 11.8. The molecule has 0 amide bonds. The van der Waals surface area contributed by atoms with Gasteiger partial charge in [0.25, 0.3) is 0 Å². The number of nitrogens with zero attached hydrogens (tertiary/aromatic N) is 2. The molecule has 3 rings (SSSR count). The van der Waals surface area contributed by atoms with Crippen molar-refractivity contribution in [2.45, 2.75) is 25.8 Å². The van der Waals surface area contributed by atoms with Crippen LogP contribution in [0.3, 0.4) is 0 Å². The number of benzene rings is 1. The summed E-state index contributed by atoms with van der Waals surface area (Å²) >= 11 is 0. The van der Waals surface area contributed by atoms with Gasteiger partial charge in [0.1, 0.15) is 5.75 Å². The third-order valence-corrected chi connectivity index (χ3v) is 3.98. The summed E-state index contributed by atoms with van der Waals surface area (Å²) in [5.41, 5.74) is 8.05. The van der Waals surface area contributed by atoms with Gasteiger partial charge in [0.05, 0.1) is 13.2 Å². The summed E-state index contributed by atoms with van der Waals surface area (Å²) in [5, 5.41) is 3.13. The van der Waals surface area contributed by atoms with Gasteiger partial charge in [-0.2, -0.15) is 0 Å². The normalized spacial score (nSPS) is 14.4. The van der Waals surface area contributed by atoms with E-state index < -0.39 is 0 Å². The SMILES string of the molecule is NC(=NCc1ccccc1OCC1CC1)NCCc1ccccn1. The van der Waals surface area contributed by atoms with Gasteiger partial charge in [-0.25, -0.2) is 4.99 Å². The third-order valence-electron chi connectivity index (χ3n) is 3.98. The van der Waals surface area contributed by atoms with Gasteiger partial charge in [-0.1, -0.05) is 24.3 Å². The summed E-state index contributed by atoms with van der Waals surface area (Å²) in [6.07, 6.45) is 5.18. The molecule has 5 heteroatoms. The van der Waals surface area contributed by atoms with Crippen LogP contribution in [0.25, 0.3) is 0 Å². The Hall–Kier alpha value is -2.56. The van der Waals surface area contributed by atoms with E-state index in [9.17, 15) is 0 Å². The molecule has 1 aromatic heterocycles. The quantitative estimate of drug-likeness (QED) is 0.578. The Kier molecular flexibility index (Phi) is 5.66. The second-order valence-electron chi connectivity index (χ2n) is 6.06. The number of rotatable bonds is 8. The zero-order valence-corrected chi connectivity index (χ0v) is 13.8. The Morgan fingerprint density at radius 1 is 1.21 bits per heavy atom. The number of nitrogens with two attached hydrogens (primary N) is 1. The van der Waals surface area contributed by atoms with Crippen LogP contribution >= 0.6 is 0 Å².